The molecule has 1 saturated heterocycles. The molecule has 0 unspecified atom stereocenters. The van der Waals surface area contributed by atoms with E-state index in [0.29, 0.717) is 25.5 Å². The average Bonchev–Trinajstić information content (AvgIpc) is 2.88. The number of carbonyl (C=O) groups excluding carboxylic acids is 3. The molecule has 6 heteroatoms. The lowest BCUT2D eigenvalue weighted by Gasteiger charge is -2.30. The van der Waals surface area contributed by atoms with Crippen molar-refractivity contribution in [2.24, 2.45) is 11.8 Å². The number of carbonyl (C=O) groups is 3. The fourth-order valence-corrected chi connectivity index (χ4v) is 3.14. The van der Waals surface area contributed by atoms with Crippen LogP contribution in [0.2, 0.25) is 0 Å². The van der Waals surface area contributed by atoms with Crippen molar-refractivity contribution in [3.05, 3.63) is 35.5 Å². The van der Waals surface area contributed by atoms with Crippen molar-refractivity contribution in [1.82, 2.24) is 0 Å². The molecule has 1 N–H and O–H groups in total. The van der Waals surface area contributed by atoms with E-state index >= 15 is 0 Å². The van der Waals surface area contributed by atoms with E-state index in [4.69, 9.17) is 9.47 Å². The quantitative estimate of drug-likeness (QED) is 0.357. The predicted molar refractivity (Wildman–Crippen MR) is 95.0 cm³/mol. The van der Waals surface area contributed by atoms with E-state index in [1.54, 1.807) is 19.1 Å². The van der Waals surface area contributed by atoms with Gasteiger partial charge in [-0.3, -0.25) is 9.59 Å². The largest absolute Gasteiger partial charge is 0.454 e. The van der Waals surface area contributed by atoms with Crippen LogP contribution in [-0.4, -0.2) is 41.6 Å². The molecule has 2 rings (SSSR count). The SMILES string of the molecule is C=C1C(=O)O[C@@H]2/C=C(\C)CC/C=C(/C=O)[C@@H](OC(=O)[C@H](C)CC)[C@@H](O)[C@@H]12. The van der Waals surface area contributed by atoms with Crippen molar-refractivity contribution < 1.29 is 29.0 Å². The summed E-state index contributed by atoms with van der Waals surface area (Å²) >= 11 is 0. The number of aliphatic hydroxyl groups excluding tert-OH is 1. The molecule has 0 aromatic carbocycles. The van der Waals surface area contributed by atoms with Gasteiger partial charge in [-0.25, -0.2) is 4.79 Å². The smallest absolute Gasteiger partial charge is 0.334 e. The Kier molecular flexibility index (Phi) is 6.53. The topological polar surface area (TPSA) is 89.9 Å². The Morgan fingerprint density at radius 2 is 2.23 bits per heavy atom. The summed E-state index contributed by atoms with van der Waals surface area (Å²) in [6, 6.07) is 0. The van der Waals surface area contributed by atoms with Crippen LogP contribution >= 0.6 is 0 Å². The molecule has 1 fully saturated rings. The molecule has 0 bridgehead atoms. The van der Waals surface area contributed by atoms with Gasteiger partial charge in [0.1, 0.15) is 18.5 Å². The third-order valence-electron chi connectivity index (χ3n) is 5.03. The summed E-state index contributed by atoms with van der Waals surface area (Å²) in [5, 5.41) is 10.9. The highest BCUT2D eigenvalue weighted by atomic mass is 16.6. The van der Waals surface area contributed by atoms with Gasteiger partial charge in [0.15, 0.2) is 6.10 Å². The molecule has 0 amide bonds. The van der Waals surface area contributed by atoms with E-state index < -0.39 is 36.2 Å². The molecular formula is C20H26O6. The molecule has 0 saturated carbocycles. The molecule has 0 aromatic heterocycles. The number of allylic oxidation sites excluding steroid dienone is 2. The molecule has 2 aliphatic rings. The molecule has 142 valence electrons. The maximum Gasteiger partial charge on any atom is 0.334 e. The zero-order valence-corrected chi connectivity index (χ0v) is 15.4. The van der Waals surface area contributed by atoms with Crippen LogP contribution in [-0.2, 0) is 23.9 Å². The first kappa shape index (κ1) is 20.1. The summed E-state index contributed by atoms with van der Waals surface area (Å²) in [4.78, 5) is 35.9. The van der Waals surface area contributed by atoms with Crippen molar-refractivity contribution >= 4 is 18.2 Å². The van der Waals surface area contributed by atoms with Crippen LogP contribution in [0.5, 0.6) is 0 Å². The summed E-state index contributed by atoms with van der Waals surface area (Å²) in [5.41, 5.74) is 1.28. The van der Waals surface area contributed by atoms with E-state index in [1.807, 2.05) is 13.8 Å². The highest BCUT2D eigenvalue weighted by Crippen LogP contribution is 2.35. The Morgan fingerprint density at radius 3 is 2.85 bits per heavy atom. The van der Waals surface area contributed by atoms with Crippen LogP contribution in [0.3, 0.4) is 0 Å². The molecule has 26 heavy (non-hydrogen) atoms. The van der Waals surface area contributed by atoms with Gasteiger partial charge in [0, 0.05) is 11.1 Å². The second-order valence-electron chi connectivity index (χ2n) is 6.95. The number of aldehydes is 1. The molecule has 0 aromatic rings. The lowest BCUT2D eigenvalue weighted by Crippen LogP contribution is -2.43. The Morgan fingerprint density at radius 1 is 1.54 bits per heavy atom. The van der Waals surface area contributed by atoms with Crippen molar-refractivity contribution in [3.63, 3.8) is 0 Å². The number of aliphatic hydroxyl groups is 1. The van der Waals surface area contributed by atoms with Crippen molar-refractivity contribution in [1.29, 1.82) is 0 Å². The summed E-state index contributed by atoms with van der Waals surface area (Å²) < 4.78 is 10.8. The number of esters is 2. The highest BCUT2D eigenvalue weighted by Gasteiger charge is 2.46. The fraction of sp³-hybridized carbons (Fsp3) is 0.550. The summed E-state index contributed by atoms with van der Waals surface area (Å²) in [5.74, 6) is -2.24. The zero-order chi connectivity index (χ0) is 19.4. The number of fused-ring (bicyclic) bond motifs is 1. The second-order valence-corrected chi connectivity index (χ2v) is 6.95. The summed E-state index contributed by atoms with van der Waals surface area (Å²) in [6.07, 6.45) is 2.66. The van der Waals surface area contributed by atoms with Gasteiger partial charge < -0.3 is 14.6 Å². The number of rotatable bonds is 4. The van der Waals surface area contributed by atoms with Crippen molar-refractivity contribution in [2.45, 2.75) is 58.3 Å². The minimum atomic E-state index is -1.31. The predicted octanol–water partition coefficient (Wildman–Crippen LogP) is 2.27. The fourth-order valence-electron chi connectivity index (χ4n) is 3.14. The first-order chi connectivity index (χ1) is 12.3. The van der Waals surface area contributed by atoms with Crippen LogP contribution in [0.1, 0.15) is 40.0 Å². The van der Waals surface area contributed by atoms with Gasteiger partial charge in [-0.05, 0) is 32.3 Å². The van der Waals surface area contributed by atoms with Crippen LogP contribution in [0.15, 0.2) is 35.5 Å². The molecular weight excluding hydrogens is 336 g/mol. The van der Waals surface area contributed by atoms with Gasteiger partial charge in [-0.1, -0.05) is 32.1 Å². The Labute approximate surface area is 153 Å². The van der Waals surface area contributed by atoms with Gasteiger partial charge in [0.25, 0.3) is 0 Å². The molecule has 0 radical (unpaired) electrons. The minimum Gasteiger partial charge on any atom is -0.454 e. The molecule has 1 heterocycles. The first-order valence-corrected chi connectivity index (χ1v) is 8.91. The third kappa shape index (κ3) is 4.12. The van der Waals surface area contributed by atoms with Crippen LogP contribution < -0.4 is 0 Å². The Balaban J connectivity index is 2.43. The van der Waals surface area contributed by atoms with Gasteiger partial charge in [0.2, 0.25) is 0 Å². The van der Waals surface area contributed by atoms with Gasteiger partial charge in [-0.2, -0.15) is 0 Å². The highest BCUT2D eigenvalue weighted by molar-refractivity contribution is 5.91. The second kappa shape index (κ2) is 8.45. The van der Waals surface area contributed by atoms with Crippen molar-refractivity contribution in [3.8, 4) is 0 Å². The average molecular weight is 362 g/mol. The lowest BCUT2D eigenvalue weighted by molar-refractivity contribution is -0.159. The maximum absolute atomic E-state index is 12.3. The van der Waals surface area contributed by atoms with Gasteiger partial charge in [-0.15, -0.1) is 0 Å². The molecule has 0 spiro atoms. The molecule has 6 nitrogen and oxygen atoms in total. The minimum absolute atomic E-state index is 0.113. The maximum atomic E-state index is 12.3. The lowest BCUT2D eigenvalue weighted by atomic mass is 9.84. The monoisotopic (exact) mass is 362 g/mol. The van der Waals surface area contributed by atoms with E-state index in [2.05, 4.69) is 6.58 Å². The van der Waals surface area contributed by atoms with Gasteiger partial charge in [0.05, 0.1) is 11.8 Å². The van der Waals surface area contributed by atoms with E-state index in [9.17, 15) is 19.5 Å². The normalized spacial score (nSPS) is 34.5. The van der Waals surface area contributed by atoms with Crippen molar-refractivity contribution in [2.75, 3.05) is 0 Å². The standard InChI is InChI=1S/C20H26O6/c1-5-12(3)19(23)26-18-14(10-21)8-6-7-11(2)9-15-16(17(18)22)13(4)20(24)25-15/h8-10,12,15-18,22H,4-7H2,1-3H3/b11-9+,14-8-/t12-,15-,16+,17+,18-/m1/s1. The zero-order valence-electron chi connectivity index (χ0n) is 15.4. The number of ether oxygens (including phenoxy) is 2. The third-order valence-corrected chi connectivity index (χ3v) is 5.03. The molecule has 1 aliphatic carbocycles. The van der Waals surface area contributed by atoms with E-state index in [1.165, 1.54) is 0 Å². The summed E-state index contributed by atoms with van der Waals surface area (Å²) in [6.45, 7) is 9.19. The first-order valence-electron chi connectivity index (χ1n) is 8.91. The number of hydrogen-bond donors (Lipinski definition) is 1. The molecule has 5 atom stereocenters. The van der Waals surface area contributed by atoms with Crippen LogP contribution in [0.25, 0.3) is 0 Å². The Hall–Kier alpha value is -2.21. The molecule has 1 aliphatic heterocycles. The van der Waals surface area contributed by atoms with Crippen LogP contribution in [0, 0.1) is 11.8 Å². The van der Waals surface area contributed by atoms with Gasteiger partial charge >= 0.3 is 11.9 Å². The summed E-state index contributed by atoms with van der Waals surface area (Å²) in [7, 11) is 0. The van der Waals surface area contributed by atoms with E-state index in [-0.39, 0.29) is 17.1 Å². The van der Waals surface area contributed by atoms with E-state index in [0.717, 1.165) is 5.57 Å². The van der Waals surface area contributed by atoms with Crippen LogP contribution in [0.4, 0.5) is 0 Å². The number of hydrogen-bond acceptors (Lipinski definition) is 6. The Bertz CT molecular complexity index is 659.